The van der Waals surface area contributed by atoms with E-state index in [0.29, 0.717) is 0 Å². The number of benzene rings is 1. The number of nitrogens with zero attached hydrogens (tertiary/aromatic N) is 2. The lowest BCUT2D eigenvalue weighted by atomic mass is 9.87. The fourth-order valence-electron chi connectivity index (χ4n) is 2.41. The second-order valence-electron chi connectivity index (χ2n) is 4.33. The molecule has 0 aromatic heterocycles. The minimum atomic E-state index is -0.356. The first-order valence-electron chi connectivity index (χ1n) is 6.42. The van der Waals surface area contributed by atoms with E-state index in [0.717, 1.165) is 25.9 Å². The van der Waals surface area contributed by atoms with Gasteiger partial charge in [-0.05, 0) is 25.1 Å². The summed E-state index contributed by atoms with van der Waals surface area (Å²) in [5, 5.41) is 9.58. The van der Waals surface area contributed by atoms with Gasteiger partial charge in [0.1, 0.15) is 5.54 Å². The lowest BCUT2D eigenvalue weighted by Gasteiger charge is -2.37. The largest absolute Gasteiger partial charge is 0.286 e. The summed E-state index contributed by atoms with van der Waals surface area (Å²) in [6.07, 6.45) is 1.67. The summed E-state index contributed by atoms with van der Waals surface area (Å²) >= 11 is 0. The van der Waals surface area contributed by atoms with Crippen LogP contribution in [0.4, 0.5) is 0 Å². The van der Waals surface area contributed by atoms with E-state index in [-0.39, 0.29) is 5.54 Å². The highest BCUT2D eigenvalue weighted by molar-refractivity contribution is 5.22. The van der Waals surface area contributed by atoms with E-state index in [1.54, 1.807) is 0 Å². The maximum Gasteiger partial charge on any atom is 0.113 e. The first-order chi connectivity index (χ1) is 8.22. The van der Waals surface area contributed by atoms with Crippen LogP contribution in [-0.2, 0) is 6.42 Å². The Bertz CT molecular complexity index is 362. The van der Waals surface area contributed by atoms with Gasteiger partial charge in [0.25, 0.3) is 0 Å². The third-order valence-corrected chi connectivity index (χ3v) is 3.50. The Kier molecular flexibility index (Phi) is 5.18. The van der Waals surface area contributed by atoms with Crippen molar-refractivity contribution in [2.45, 2.75) is 39.2 Å². The van der Waals surface area contributed by atoms with E-state index in [9.17, 15) is 5.26 Å². The summed E-state index contributed by atoms with van der Waals surface area (Å²) in [5.74, 6) is 0. The van der Waals surface area contributed by atoms with Gasteiger partial charge >= 0.3 is 0 Å². The Morgan fingerprint density at radius 2 is 1.71 bits per heavy atom. The molecule has 0 aliphatic heterocycles. The molecule has 0 saturated heterocycles. The summed E-state index contributed by atoms with van der Waals surface area (Å²) in [7, 11) is 0. The molecule has 1 unspecified atom stereocenters. The Morgan fingerprint density at radius 1 is 1.12 bits per heavy atom. The second-order valence-corrected chi connectivity index (χ2v) is 4.33. The molecular weight excluding hydrogens is 208 g/mol. The lowest BCUT2D eigenvalue weighted by molar-refractivity contribution is 0.146. The number of hydrogen-bond acceptors (Lipinski definition) is 2. The Hall–Kier alpha value is -1.33. The van der Waals surface area contributed by atoms with E-state index in [4.69, 9.17) is 0 Å². The highest BCUT2D eigenvalue weighted by Crippen LogP contribution is 2.24. The first-order valence-corrected chi connectivity index (χ1v) is 6.42. The van der Waals surface area contributed by atoms with Gasteiger partial charge in [0.2, 0.25) is 0 Å². The molecular formula is C15H22N2. The van der Waals surface area contributed by atoms with Crippen LogP contribution in [0, 0.1) is 11.3 Å². The van der Waals surface area contributed by atoms with Gasteiger partial charge in [0, 0.05) is 6.42 Å². The molecule has 0 fully saturated rings. The zero-order chi connectivity index (χ0) is 12.7. The van der Waals surface area contributed by atoms with Crippen molar-refractivity contribution in [1.29, 1.82) is 5.26 Å². The van der Waals surface area contributed by atoms with Crippen molar-refractivity contribution in [2.75, 3.05) is 13.1 Å². The summed E-state index contributed by atoms with van der Waals surface area (Å²) in [4.78, 5) is 2.26. The number of hydrogen-bond donors (Lipinski definition) is 0. The number of nitriles is 1. The van der Waals surface area contributed by atoms with Crippen molar-refractivity contribution in [3.63, 3.8) is 0 Å². The van der Waals surface area contributed by atoms with Gasteiger partial charge in [-0.1, -0.05) is 51.1 Å². The highest BCUT2D eigenvalue weighted by Gasteiger charge is 2.33. The normalized spacial score (nSPS) is 14.3. The summed E-state index contributed by atoms with van der Waals surface area (Å²) in [5.41, 5.74) is 0.882. The first kappa shape index (κ1) is 13.7. The van der Waals surface area contributed by atoms with E-state index >= 15 is 0 Å². The van der Waals surface area contributed by atoms with Crippen molar-refractivity contribution in [3.05, 3.63) is 35.9 Å². The van der Waals surface area contributed by atoms with E-state index in [1.165, 1.54) is 5.56 Å². The van der Waals surface area contributed by atoms with Gasteiger partial charge < -0.3 is 0 Å². The van der Waals surface area contributed by atoms with E-state index in [1.807, 2.05) is 18.2 Å². The predicted octanol–water partition coefficient (Wildman–Crippen LogP) is 3.24. The fourth-order valence-corrected chi connectivity index (χ4v) is 2.41. The van der Waals surface area contributed by atoms with Gasteiger partial charge in [-0.25, -0.2) is 0 Å². The minimum absolute atomic E-state index is 0.356. The zero-order valence-corrected chi connectivity index (χ0v) is 11.1. The summed E-state index contributed by atoms with van der Waals surface area (Å²) in [6.45, 7) is 8.19. The highest BCUT2D eigenvalue weighted by atomic mass is 15.2. The van der Waals surface area contributed by atoms with Crippen molar-refractivity contribution >= 4 is 0 Å². The molecule has 0 N–H and O–H groups in total. The summed E-state index contributed by atoms with van der Waals surface area (Å²) in [6, 6.07) is 12.8. The molecule has 2 nitrogen and oxygen atoms in total. The maximum absolute atomic E-state index is 9.58. The predicted molar refractivity (Wildman–Crippen MR) is 71.7 cm³/mol. The smallest absolute Gasteiger partial charge is 0.113 e. The van der Waals surface area contributed by atoms with Crippen LogP contribution >= 0.6 is 0 Å². The van der Waals surface area contributed by atoms with Crippen LogP contribution in [0.5, 0.6) is 0 Å². The molecule has 0 bridgehead atoms. The maximum atomic E-state index is 9.58. The van der Waals surface area contributed by atoms with Crippen LogP contribution < -0.4 is 0 Å². The molecule has 1 rings (SSSR count). The van der Waals surface area contributed by atoms with Gasteiger partial charge in [0.05, 0.1) is 6.07 Å². The Labute approximate surface area is 105 Å². The van der Waals surface area contributed by atoms with Crippen LogP contribution in [0.25, 0.3) is 0 Å². The molecule has 1 aromatic rings. The molecule has 0 aliphatic carbocycles. The van der Waals surface area contributed by atoms with Gasteiger partial charge in [-0.3, -0.25) is 4.90 Å². The molecule has 92 valence electrons. The molecule has 0 radical (unpaired) electrons. The average Bonchev–Trinajstić information content (AvgIpc) is 2.40. The molecule has 1 atom stereocenters. The van der Waals surface area contributed by atoms with Crippen molar-refractivity contribution < 1.29 is 0 Å². The van der Waals surface area contributed by atoms with Crippen molar-refractivity contribution in [1.82, 2.24) is 4.90 Å². The molecule has 0 heterocycles. The van der Waals surface area contributed by atoms with E-state index < -0.39 is 0 Å². The fraction of sp³-hybridized carbons (Fsp3) is 0.533. The van der Waals surface area contributed by atoms with E-state index in [2.05, 4.69) is 43.9 Å². The number of rotatable bonds is 6. The standard InChI is InChI=1S/C15H22N2/c1-4-15(13-16,17(5-2)6-3)12-14-10-8-7-9-11-14/h7-11H,4-6,12H2,1-3H3. The molecule has 0 amide bonds. The third-order valence-electron chi connectivity index (χ3n) is 3.50. The molecule has 0 spiro atoms. The van der Waals surface area contributed by atoms with Gasteiger partial charge in [0.15, 0.2) is 0 Å². The van der Waals surface area contributed by atoms with Crippen LogP contribution in [0.1, 0.15) is 32.8 Å². The Balaban J connectivity index is 2.97. The topological polar surface area (TPSA) is 27.0 Å². The second kappa shape index (κ2) is 6.42. The van der Waals surface area contributed by atoms with Gasteiger partial charge in [-0.15, -0.1) is 0 Å². The van der Waals surface area contributed by atoms with Crippen molar-refractivity contribution in [2.24, 2.45) is 0 Å². The quantitative estimate of drug-likeness (QED) is 0.750. The summed E-state index contributed by atoms with van der Waals surface area (Å²) < 4.78 is 0. The third kappa shape index (κ3) is 3.08. The SMILES string of the molecule is CCN(CC)C(C#N)(CC)Cc1ccccc1. The van der Waals surface area contributed by atoms with Crippen LogP contribution in [-0.4, -0.2) is 23.5 Å². The lowest BCUT2D eigenvalue weighted by Crippen LogP contribution is -2.48. The Morgan fingerprint density at radius 3 is 2.12 bits per heavy atom. The van der Waals surface area contributed by atoms with Crippen molar-refractivity contribution in [3.8, 4) is 6.07 Å². The van der Waals surface area contributed by atoms with Gasteiger partial charge in [-0.2, -0.15) is 5.26 Å². The zero-order valence-electron chi connectivity index (χ0n) is 11.1. The molecule has 17 heavy (non-hydrogen) atoms. The van der Waals surface area contributed by atoms with Crippen LogP contribution in [0.2, 0.25) is 0 Å². The monoisotopic (exact) mass is 230 g/mol. The molecule has 0 aliphatic rings. The minimum Gasteiger partial charge on any atom is -0.286 e. The van der Waals surface area contributed by atoms with Crippen LogP contribution in [0.3, 0.4) is 0 Å². The molecule has 1 aromatic carbocycles. The van der Waals surface area contributed by atoms with Crippen LogP contribution in [0.15, 0.2) is 30.3 Å². The average molecular weight is 230 g/mol. The molecule has 0 saturated carbocycles. The number of likely N-dealkylation sites (N-methyl/N-ethyl adjacent to an activating group) is 1. The molecule has 2 heteroatoms.